The van der Waals surface area contributed by atoms with E-state index in [1.807, 2.05) is 0 Å². The Bertz CT molecular complexity index is 389. The van der Waals surface area contributed by atoms with Gasteiger partial charge in [-0.05, 0) is 18.6 Å². The van der Waals surface area contributed by atoms with E-state index in [4.69, 9.17) is 0 Å². The van der Waals surface area contributed by atoms with Crippen LogP contribution in [0.15, 0.2) is 18.2 Å². The fourth-order valence-corrected chi connectivity index (χ4v) is 1.72. The van der Waals surface area contributed by atoms with E-state index in [0.717, 1.165) is 0 Å². The Balaban J connectivity index is 1.97. The second-order valence-electron chi connectivity index (χ2n) is 3.78. The van der Waals surface area contributed by atoms with Gasteiger partial charge in [-0.15, -0.1) is 0 Å². The van der Waals surface area contributed by atoms with Gasteiger partial charge < -0.3 is 10.6 Å². The van der Waals surface area contributed by atoms with Crippen molar-refractivity contribution in [1.82, 2.24) is 5.32 Å². The summed E-state index contributed by atoms with van der Waals surface area (Å²) in [6.07, 6.45) is 1.17. The van der Waals surface area contributed by atoms with Crippen LogP contribution in [-0.2, 0) is 4.79 Å². The highest BCUT2D eigenvalue weighted by Gasteiger charge is 2.21. The quantitative estimate of drug-likeness (QED) is 0.822. The molecule has 1 aliphatic heterocycles. The number of rotatable bonds is 3. The molecule has 2 N–H and O–H groups in total. The molecule has 0 spiro atoms. The SMILES string of the molecule is O=C1CCC(CNc2c(F)cccc2F)N1. The van der Waals surface area contributed by atoms with Gasteiger partial charge in [0.05, 0.1) is 0 Å². The predicted molar refractivity (Wildman–Crippen MR) is 56.0 cm³/mol. The van der Waals surface area contributed by atoms with E-state index in [2.05, 4.69) is 10.6 Å². The van der Waals surface area contributed by atoms with Gasteiger partial charge in [0, 0.05) is 19.0 Å². The van der Waals surface area contributed by atoms with Crippen LogP contribution in [0.25, 0.3) is 0 Å². The molecule has 0 aliphatic carbocycles. The van der Waals surface area contributed by atoms with Gasteiger partial charge in [0.15, 0.2) is 0 Å². The average molecular weight is 226 g/mol. The second-order valence-corrected chi connectivity index (χ2v) is 3.78. The average Bonchev–Trinajstić information content (AvgIpc) is 2.63. The van der Waals surface area contributed by atoms with E-state index in [1.165, 1.54) is 18.2 Å². The third-order valence-electron chi connectivity index (χ3n) is 2.57. The van der Waals surface area contributed by atoms with Crippen LogP contribution in [0, 0.1) is 11.6 Å². The maximum Gasteiger partial charge on any atom is 0.220 e. The lowest BCUT2D eigenvalue weighted by Crippen LogP contribution is -2.32. The van der Waals surface area contributed by atoms with Gasteiger partial charge in [-0.25, -0.2) is 8.78 Å². The lowest BCUT2D eigenvalue weighted by Gasteiger charge is -2.13. The molecule has 2 rings (SSSR count). The molecule has 1 saturated heterocycles. The highest BCUT2D eigenvalue weighted by atomic mass is 19.1. The largest absolute Gasteiger partial charge is 0.378 e. The summed E-state index contributed by atoms with van der Waals surface area (Å²) in [5, 5.41) is 5.40. The summed E-state index contributed by atoms with van der Waals surface area (Å²) in [6.45, 7) is 0.337. The molecule has 1 aromatic rings. The van der Waals surface area contributed by atoms with Crippen LogP contribution in [0.2, 0.25) is 0 Å². The molecular weight excluding hydrogens is 214 g/mol. The van der Waals surface area contributed by atoms with Crippen molar-refractivity contribution in [1.29, 1.82) is 0 Å². The van der Waals surface area contributed by atoms with Crippen LogP contribution in [0.5, 0.6) is 0 Å². The maximum atomic E-state index is 13.2. The molecular formula is C11H12F2N2O. The molecule has 1 heterocycles. The number of anilines is 1. The first kappa shape index (κ1) is 10.9. The van der Waals surface area contributed by atoms with Gasteiger partial charge in [-0.3, -0.25) is 4.79 Å². The zero-order valence-corrected chi connectivity index (χ0v) is 8.59. The van der Waals surface area contributed by atoms with E-state index in [1.54, 1.807) is 0 Å². The van der Waals surface area contributed by atoms with E-state index in [-0.39, 0.29) is 17.6 Å². The van der Waals surface area contributed by atoms with E-state index < -0.39 is 11.6 Å². The molecule has 1 atom stereocenters. The smallest absolute Gasteiger partial charge is 0.220 e. The van der Waals surface area contributed by atoms with E-state index in [0.29, 0.717) is 19.4 Å². The molecule has 1 unspecified atom stereocenters. The number of halogens is 2. The summed E-state index contributed by atoms with van der Waals surface area (Å²) in [6, 6.07) is 3.65. The van der Waals surface area contributed by atoms with Crippen molar-refractivity contribution >= 4 is 11.6 Å². The first-order valence-corrected chi connectivity index (χ1v) is 5.14. The Morgan fingerprint density at radius 2 is 2.06 bits per heavy atom. The predicted octanol–water partition coefficient (Wildman–Crippen LogP) is 1.66. The molecule has 5 heteroatoms. The Kier molecular flexibility index (Phi) is 3.03. The van der Waals surface area contributed by atoms with Crippen molar-refractivity contribution in [3.05, 3.63) is 29.8 Å². The molecule has 3 nitrogen and oxygen atoms in total. The van der Waals surface area contributed by atoms with Crippen molar-refractivity contribution in [3.63, 3.8) is 0 Å². The minimum Gasteiger partial charge on any atom is -0.378 e. The summed E-state index contributed by atoms with van der Waals surface area (Å²) in [7, 11) is 0. The number of nitrogens with one attached hydrogen (secondary N) is 2. The number of hydrogen-bond acceptors (Lipinski definition) is 2. The highest BCUT2D eigenvalue weighted by Crippen LogP contribution is 2.18. The fraction of sp³-hybridized carbons (Fsp3) is 0.364. The monoisotopic (exact) mass is 226 g/mol. The zero-order valence-electron chi connectivity index (χ0n) is 8.59. The summed E-state index contributed by atoms with van der Waals surface area (Å²) in [4.78, 5) is 10.9. The molecule has 86 valence electrons. The van der Waals surface area contributed by atoms with Gasteiger partial charge in [-0.2, -0.15) is 0 Å². The van der Waals surface area contributed by atoms with Gasteiger partial charge >= 0.3 is 0 Å². The van der Waals surface area contributed by atoms with Crippen molar-refractivity contribution in [2.45, 2.75) is 18.9 Å². The van der Waals surface area contributed by atoms with Crippen LogP contribution in [0.1, 0.15) is 12.8 Å². The van der Waals surface area contributed by atoms with Crippen LogP contribution in [0.3, 0.4) is 0 Å². The summed E-state index contributed by atoms with van der Waals surface area (Å²) >= 11 is 0. The lowest BCUT2D eigenvalue weighted by atomic mass is 10.2. The van der Waals surface area contributed by atoms with Crippen molar-refractivity contribution in [2.24, 2.45) is 0 Å². The van der Waals surface area contributed by atoms with Gasteiger partial charge in [0.1, 0.15) is 17.3 Å². The Morgan fingerprint density at radius 1 is 1.38 bits per heavy atom. The van der Waals surface area contributed by atoms with E-state index in [9.17, 15) is 13.6 Å². The number of para-hydroxylation sites is 1. The minimum atomic E-state index is -0.621. The molecule has 1 amide bonds. The van der Waals surface area contributed by atoms with Crippen LogP contribution < -0.4 is 10.6 Å². The van der Waals surface area contributed by atoms with Crippen molar-refractivity contribution in [3.8, 4) is 0 Å². The van der Waals surface area contributed by atoms with Gasteiger partial charge in [-0.1, -0.05) is 6.07 Å². The standard InChI is InChI=1S/C11H12F2N2O/c12-8-2-1-3-9(13)11(8)14-6-7-4-5-10(16)15-7/h1-3,7,14H,4-6H2,(H,15,16). The molecule has 1 aliphatic rings. The third kappa shape index (κ3) is 2.29. The van der Waals surface area contributed by atoms with E-state index >= 15 is 0 Å². The Hall–Kier alpha value is -1.65. The van der Waals surface area contributed by atoms with Crippen molar-refractivity contribution in [2.75, 3.05) is 11.9 Å². The second kappa shape index (κ2) is 4.47. The third-order valence-corrected chi connectivity index (χ3v) is 2.57. The minimum absolute atomic E-state index is 0.0131. The fourth-order valence-electron chi connectivity index (χ4n) is 1.72. The maximum absolute atomic E-state index is 13.2. The summed E-state index contributed by atoms with van der Waals surface area (Å²) in [5.74, 6) is -1.26. The molecule has 16 heavy (non-hydrogen) atoms. The zero-order chi connectivity index (χ0) is 11.5. The number of hydrogen-bond donors (Lipinski definition) is 2. The molecule has 1 fully saturated rings. The summed E-state index contributed by atoms with van der Waals surface area (Å²) in [5.41, 5.74) is -0.136. The highest BCUT2D eigenvalue weighted by molar-refractivity contribution is 5.78. The van der Waals surface area contributed by atoms with Crippen LogP contribution >= 0.6 is 0 Å². The topological polar surface area (TPSA) is 41.1 Å². The lowest BCUT2D eigenvalue weighted by molar-refractivity contribution is -0.119. The van der Waals surface area contributed by atoms with Gasteiger partial charge in [0.2, 0.25) is 5.91 Å². The first-order chi connectivity index (χ1) is 7.66. The number of carbonyl (C=O) groups is 1. The Labute approximate surface area is 91.8 Å². The Morgan fingerprint density at radius 3 is 2.62 bits per heavy atom. The number of carbonyl (C=O) groups excluding carboxylic acids is 1. The van der Waals surface area contributed by atoms with Gasteiger partial charge in [0.25, 0.3) is 0 Å². The normalized spacial score (nSPS) is 19.6. The molecule has 0 bridgehead atoms. The van der Waals surface area contributed by atoms with Crippen LogP contribution in [-0.4, -0.2) is 18.5 Å². The molecule has 0 radical (unpaired) electrons. The summed E-state index contributed by atoms with van der Waals surface area (Å²) < 4.78 is 26.4. The van der Waals surface area contributed by atoms with Crippen LogP contribution in [0.4, 0.5) is 14.5 Å². The molecule has 1 aromatic carbocycles. The first-order valence-electron chi connectivity index (χ1n) is 5.14. The molecule has 0 saturated carbocycles. The molecule has 0 aromatic heterocycles. The number of amides is 1. The number of benzene rings is 1. The van der Waals surface area contributed by atoms with Crippen molar-refractivity contribution < 1.29 is 13.6 Å².